The van der Waals surface area contributed by atoms with Crippen molar-refractivity contribution in [3.05, 3.63) is 82.8 Å². The Morgan fingerprint density at radius 2 is 1.90 bits per heavy atom. The topological polar surface area (TPSA) is 116 Å². The molecule has 0 aliphatic heterocycles. The first-order chi connectivity index (χ1) is 13.7. The van der Waals surface area contributed by atoms with Crippen LogP contribution in [-0.4, -0.2) is 11.6 Å². The normalized spacial score (nSPS) is 11.0. The molecule has 6 nitrogen and oxygen atoms in total. The van der Waals surface area contributed by atoms with Crippen molar-refractivity contribution in [1.29, 1.82) is 10.7 Å². The lowest BCUT2D eigenvalue weighted by Gasteiger charge is -2.14. The zero-order valence-corrected chi connectivity index (χ0v) is 14.7. The monoisotopic (exact) mass is 398 g/mol. The largest absolute Gasteiger partial charge is 0.472 e. The number of anilines is 2. The number of alkyl halides is 3. The summed E-state index contributed by atoms with van der Waals surface area (Å²) in [5.74, 6) is -1.01. The van der Waals surface area contributed by atoms with Gasteiger partial charge in [0.05, 0.1) is 41.0 Å². The average Bonchev–Trinajstić information content (AvgIpc) is 3.22. The van der Waals surface area contributed by atoms with E-state index in [1.807, 2.05) is 0 Å². The van der Waals surface area contributed by atoms with E-state index in [4.69, 9.17) is 20.8 Å². The van der Waals surface area contributed by atoms with Gasteiger partial charge in [0.25, 0.3) is 5.91 Å². The van der Waals surface area contributed by atoms with Gasteiger partial charge >= 0.3 is 6.18 Å². The zero-order chi connectivity index (χ0) is 21.2. The minimum absolute atomic E-state index is 0.0294. The summed E-state index contributed by atoms with van der Waals surface area (Å²) in [6, 6.07) is 10.1. The van der Waals surface area contributed by atoms with Crippen LogP contribution in [-0.2, 0) is 6.18 Å². The predicted molar refractivity (Wildman–Crippen MR) is 99.6 cm³/mol. The Balaban J connectivity index is 1.94. The molecule has 1 amide bonds. The molecule has 0 aliphatic carbocycles. The molecule has 0 fully saturated rings. The van der Waals surface area contributed by atoms with Crippen LogP contribution in [0.15, 0.2) is 59.4 Å². The fourth-order valence-electron chi connectivity index (χ4n) is 2.66. The van der Waals surface area contributed by atoms with E-state index in [1.54, 1.807) is 12.1 Å². The Bertz CT molecular complexity index is 1130. The second kappa shape index (κ2) is 7.52. The van der Waals surface area contributed by atoms with Crippen LogP contribution in [0.1, 0.15) is 32.6 Å². The lowest BCUT2D eigenvalue weighted by molar-refractivity contribution is -0.137. The fourth-order valence-corrected chi connectivity index (χ4v) is 2.66. The van der Waals surface area contributed by atoms with E-state index < -0.39 is 23.2 Å². The molecule has 0 atom stereocenters. The molecule has 9 heteroatoms. The van der Waals surface area contributed by atoms with Gasteiger partial charge < -0.3 is 15.5 Å². The molecule has 4 N–H and O–H groups in total. The molecular weight excluding hydrogens is 385 g/mol. The highest BCUT2D eigenvalue weighted by Crippen LogP contribution is 2.33. The number of nitriles is 1. The molecule has 29 heavy (non-hydrogen) atoms. The van der Waals surface area contributed by atoms with Gasteiger partial charge in [-0.3, -0.25) is 10.2 Å². The smallest absolute Gasteiger partial charge is 0.417 e. The van der Waals surface area contributed by atoms with Crippen molar-refractivity contribution < 1.29 is 22.4 Å². The first-order valence-corrected chi connectivity index (χ1v) is 8.14. The maximum Gasteiger partial charge on any atom is 0.417 e. The molecule has 0 saturated carbocycles. The maximum atomic E-state index is 13.3. The number of carbonyl (C=O) groups is 1. The molecule has 0 saturated heterocycles. The summed E-state index contributed by atoms with van der Waals surface area (Å²) in [6.07, 6.45) is -2.08. The highest BCUT2D eigenvalue weighted by Gasteiger charge is 2.35. The van der Waals surface area contributed by atoms with Gasteiger partial charge in [0.1, 0.15) is 0 Å². The number of halogens is 3. The number of hydrogen-bond acceptors (Lipinski definition) is 5. The summed E-state index contributed by atoms with van der Waals surface area (Å²) < 4.78 is 44.8. The van der Waals surface area contributed by atoms with Gasteiger partial charge in [0.15, 0.2) is 0 Å². The van der Waals surface area contributed by atoms with Crippen LogP contribution < -0.4 is 11.1 Å². The highest BCUT2D eigenvalue weighted by molar-refractivity contribution is 6.14. The first kappa shape index (κ1) is 19.7. The predicted octanol–water partition coefficient (Wildman–Crippen LogP) is 4.42. The van der Waals surface area contributed by atoms with Crippen LogP contribution >= 0.6 is 0 Å². The van der Waals surface area contributed by atoms with E-state index >= 15 is 0 Å². The second-order valence-electron chi connectivity index (χ2n) is 6.01. The third-order valence-electron chi connectivity index (χ3n) is 4.09. The Kier molecular flexibility index (Phi) is 5.10. The lowest BCUT2D eigenvalue weighted by atomic mass is 10.0. The van der Waals surface area contributed by atoms with Gasteiger partial charge in [0.2, 0.25) is 0 Å². The van der Waals surface area contributed by atoms with E-state index in [0.717, 1.165) is 12.1 Å². The van der Waals surface area contributed by atoms with Crippen molar-refractivity contribution in [2.24, 2.45) is 0 Å². The minimum atomic E-state index is -4.81. The van der Waals surface area contributed by atoms with E-state index in [2.05, 4.69) is 5.32 Å². The molecule has 0 bridgehead atoms. The van der Waals surface area contributed by atoms with Crippen molar-refractivity contribution in [2.75, 3.05) is 11.1 Å². The lowest BCUT2D eigenvalue weighted by Crippen LogP contribution is -2.19. The van der Waals surface area contributed by atoms with Gasteiger partial charge in [-0.05, 0) is 42.5 Å². The number of furan rings is 1. The van der Waals surface area contributed by atoms with Crippen molar-refractivity contribution in [3.8, 4) is 6.07 Å². The summed E-state index contributed by atoms with van der Waals surface area (Å²) in [6.45, 7) is 0. The molecule has 0 aliphatic rings. The minimum Gasteiger partial charge on any atom is -0.472 e. The highest BCUT2D eigenvalue weighted by atomic mass is 19.4. The molecular formula is C20H13F3N4O2. The number of nitrogens with two attached hydrogens (primary N) is 1. The van der Waals surface area contributed by atoms with Crippen molar-refractivity contribution in [2.45, 2.75) is 6.18 Å². The molecule has 1 aromatic heterocycles. The third-order valence-corrected chi connectivity index (χ3v) is 4.09. The summed E-state index contributed by atoms with van der Waals surface area (Å²) in [4.78, 5) is 12.5. The first-order valence-electron chi connectivity index (χ1n) is 8.14. The van der Waals surface area contributed by atoms with Crippen molar-refractivity contribution in [3.63, 3.8) is 0 Å². The molecule has 0 radical (unpaired) electrons. The summed E-state index contributed by atoms with van der Waals surface area (Å²) >= 11 is 0. The van der Waals surface area contributed by atoms with Crippen LogP contribution in [0.4, 0.5) is 24.5 Å². The number of amides is 1. The van der Waals surface area contributed by atoms with Crippen LogP contribution in [0.3, 0.4) is 0 Å². The zero-order valence-electron chi connectivity index (χ0n) is 14.7. The van der Waals surface area contributed by atoms with Gasteiger partial charge in [-0.15, -0.1) is 0 Å². The fraction of sp³-hybridized carbons (Fsp3) is 0.0500. The number of nitrogens with zero attached hydrogens (tertiary/aromatic N) is 1. The molecule has 0 spiro atoms. The van der Waals surface area contributed by atoms with Gasteiger partial charge in [-0.2, -0.15) is 18.4 Å². The van der Waals surface area contributed by atoms with E-state index in [9.17, 15) is 18.0 Å². The summed E-state index contributed by atoms with van der Waals surface area (Å²) in [5, 5.41) is 19.4. The van der Waals surface area contributed by atoms with Gasteiger partial charge in [-0.1, -0.05) is 0 Å². The molecule has 2 aromatic carbocycles. The number of nitrogen functional groups attached to an aromatic ring is 1. The molecule has 3 rings (SSSR count). The van der Waals surface area contributed by atoms with E-state index in [1.165, 1.54) is 30.7 Å². The SMILES string of the molecule is N#Cc1ccc(C(=O)Nc2ccc(N)c(C(=N)c3ccoc3)c2)c(C(F)(F)F)c1. The summed E-state index contributed by atoms with van der Waals surface area (Å²) in [7, 11) is 0. The van der Waals surface area contributed by atoms with Gasteiger partial charge in [-0.25, -0.2) is 0 Å². The Hall–Kier alpha value is -4.06. The van der Waals surface area contributed by atoms with Gasteiger partial charge in [0, 0.05) is 22.5 Å². The van der Waals surface area contributed by atoms with Crippen molar-refractivity contribution >= 4 is 23.0 Å². The third kappa shape index (κ3) is 4.11. The molecule has 0 unspecified atom stereocenters. The van der Waals surface area contributed by atoms with Crippen LogP contribution in [0.25, 0.3) is 0 Å². The van der Waals surface area contributed by atoms with Crippen LogP contribution in [0.5, 0.6) is 0 Å². The van der Waals surface area contributed by atoms with Crippen LogP contribution in [0.2, 0.25) is 0 Å². The molecule has 1 heterocycles. The number of rotatable bonds is 4. The average molecular weight is 398 g/mol. The Morgan fingerprint density at radius 3 is 2.52 bits per heavy atom. The quantitative estimate of drug-likeness (QED) is 0.445. The second-order valence-corrected chi connectivity index (χ2v) is 6.01. The number of carbonyl (C=O) groups excluding carboxylic acids is 1. The summed E-state index contributed by atoms with van der Waals surface area (Å²) in [5.41, 5.74) is 5.01. The van der Waals surface area contributed by atoms with Crippen LogP contribution in [0, 0.1) is 16.7 Å². The van der Waals surface area contributed by atoms with Crippen molar-refractivity contribution in [1.82, 2.24) is 0 Å². The Labute approximate surface area is 162 Å². The maximum absolute atomic E-state index is 13.3. The Morgan fingerprint density at radius 1 is 1.14 bits per heavy atom. The van der Waals surface area contributed by atoms with E-state index in [-0.39, 0.29) is 28.2 Å². The molecule has 146 valence electrons. The number of benzene rings is 2. The van der Waals surface area contributed by atoms with E-state index in [0.29, 0.717) is 11.6 Å². The molecule has 3 aromatic rings. The standard InChI is InChI=1S/C20H13F3N4O2/c21-20(22,23)16-7-11(9-24)1-3-14(16)19(28)27-13-2-4-17(25)15(8-13)18(26)12-5-6-29-10-12/h1-8,10,26H,25H2,(H,27,28). The number of hydrogen-bond donors (Lipinski definition) is 3. The number of nitrogens with one attached hydrogen (secondary N) is 2.